The Morgan fingerprint density at radius 3 is 2.83 bits per heavy atom. The smallest absolute Gasteiger partial charge is 0.255 e. The van der Waals surface area contributed by atoms with Gasteiger partial charge in [-0.2, -0.15) is 4.52 Å². The molecule has 1 amide bonds. The van der Waals surface area contributed by atoms with Gasteiger partial charge in [0.15, 0.2) is 15.5 Å². The van der Waals surface area contributed by atoms with Crippen LogP contribution >= 0.6 is 0 Å². The van der Waals surface area contributed by atoms with Crippen LogP contribution in [0, 0.1) is 0 Å². The number of carbonyl (C=O) groups is 1. The Balaban J connectivity index is 1.66. The van der Waals surface area contributed by atoms with Gasteiger partial charge in [-0.3, -0.25) is 9.69 Å². The molecule has 10 heteroatoms. The van der Waals surface area contributed by atoms with Gasteiger partial charge >= 0.3 is 0 Å². The van der Waals surface area contributed by atoms with Gasteiger partial charge in [0.1, 0.15) is 0 Å². The summed E-state index contributed by atoms with van der Waals surface area (Å²) in [6, 6.07) is 2.95. The van der Waals surface area contributed by atoms with Crippen molar-refractivity contribution < 1.29 is 13.2 Å². The fourth-order valence-corrected chi connectivity index (χ4v) is 5.72. The van der Waals surface area contributed by atoms with Gasteiger partial charge < -0.3 is 4.90 Å². The summed E-state index contributed by atoms with van der Waals surface area (Å²) in [6.45, 7) is 4.02. The molecule has 0 saturated carbocycles. The van der Waals surface area contributed by atoms with Crippen LogP contribution in [0.25, 0.3) is 5.65 Å². The van der Waals surface area contributed by atoms with Crippen LogP contribution in [0.2, 0.25) is 0 Å². The highest BCUT2D eigenvalue weighted by atomic mass is 32.2. The minimum Gasteiger partial charge on any atom is -0.332 e. The lowest BCUT2D eigenvalue weighted by Gasteiger charge is -2.43. The number of carbonyl (C=O) groups excluding carboxylic acids is 1. The largest absolute Gasteiger partial charge is 0.332 e. The summed E-state index contributed by atoms with van der Waals surface area (Å²) in [5, 5.41) is 11.2. The molecule has 0 aromatic carbocycles. The van der Waals surface area contributed by atoms with Crippen LogP contribution in [0.1, 0.15) is 17.3 Å². The molecular formula is C14H18N6O3S. The van der Waals surface area contributed by atoms with Crippen molar-refractivity contribution in [2.24, 2.45) is 0 Å². The zero-order valence-electron chi connectivity index (χ0n) is 13.2. The third kappa shape index (κ3) is 2.46. The number of tetrazole rings is 1. The number of aromatic nitrogens is 4. The summed E-state index contributed by atoms with van der Waals surface area (Å²) in [5.74, 6) is -0.0100. The maximum absolute atomic E-state index is 12.9. The molecule has 2 saturated heterocycles. The lowest BCUT2D eigenvalue weighted by molar-refractivity contribution is 0.0349. The third-order valence-electron chi connectivity index (χ3n) is 4.90. The van der Waals surface area contributed by atoms with E-state index in [1.165, 1.54) is 4.52 Å². The molecule has 0 N–H and O–H groups in total. The SMILES string of the molecule is CCN1CCN(C(=O)c2ccc3nnnn3c2)[C@H]2CS(=O)(=O)C[C@H]21. The Morgan fingerprint density at radius 1 is 1.25 bits per heavy atom. The van der Waals surface area contributed by atoms with Gasteiger partial charge in [0.25, 0.3) is 5.91 Å². The molecule has 2 fully saturated rings. The summed E-state index contributed by atoms with van der Waals surface area (Å²) >= 11 is 0. The van der Waals surface area contributed by atoms with Crippen molar-refractivity contribution in [3.05, 3.63) is 23.9 Å². The zero-order valence-corrected chi connectivity index (χ0v) is 14.1. The monoisotopic (exact) mass is 350 g/mol. The van der Waals surface area contributed by atoms with Gasteiger partial charge in [-0.15, -0.1) is 5.10 Å². The van der Waals surface area contributed by atoms with Gasteiger partial charge in [0, 0.05) is 25.3 Å². The number of pyridine rings is 1. The van der Waals surface area contributed by atoms with Gasteiger partial charge in [-0.1, -0.05) is 6.92 Å². The first-order valence-electron chi connectivity index (χ1n) is 7.92. The van der Waals surface area contributed by atoms with Crippen molar-refractivity contribution in [3.63, 3.8) is 0 Å². The predicted octanol–water partition coefficient (Wildman–Crippen LogP) is -0.932. The number of hydrogen-bond donors (Lipinski definition) is 0. The number of likely N-dealkylation sites (N-methyl/N-ethyl adjacent to an activating group) is 1. The fourth-order valence-electron chi connectivity index (χ4n) is 3.70. The molecule has 9 nitrogen and oxygen atoms in total. The predicted molar refractivity (Wildman–Crippen MR) is 85.3 cm³/mol. The lowest BCUT2D eigenvalue weighted by atomic mass is 10.0. The van der Waals surface area contributed by atoms with Crippen molar-refractivity contribution in [2.75, 3.05) is 31.1 Å². The maximum atomic E-state index is 12.9. The summed E-state index contributed by atoms with van der Waals surface area (Å²) in [4.78, 5) is 16.8. The molecule has 24 heavy (non-hydrogen) atoms. The molecular weight excluding hydrogens is 332 g/mol. The van der Waals surface area contributed by atoms with E-state index in [0.29, 0.717) is 24.3 Å². The topological polar surface area (TPSA) is 101 Å². The second kappa shape index (κ2) is 5.49. The number of amides is 1. The summed E-state index contributed by atoms with van der Waals surface area (Å²) in [5.41, 5.74) is 1.02. The number of rotatable bonds is 2. The molecule has 2 aromatic rings. The maximum Gasteiger partial charge on any atom is 0.255 e. The number of piperazine rings is 1. The second-order valence-electron chi connectivity index (χ2n) is 6.24. The first kappa shape index (κ1) is 15.5. The Hall–Kier alpha value is -2.07. The summed E-state index contributed by atoms with van der Waals surface area (Å²) < 4.78 is 25.7. The summed E-state index contributed by atoms with van der Waals surface area (Å²) in [7, 11) is -3.12. The second-order valence-corrected chi connectivity index (χ2v) is 8.39. The van der Waals surface area contributed by atoms with Gasteiger partial charge in [0.2, 0.25) is 0 Å². The standard InChI is InChI=1S/C14H18N6O3S/c1-2-18-5-6-19(12-9-24(22,23)8-11(12)18)14(21)10-3-4-13-15-16-17-20(13)7-10/h3-4,7,11-12H,2,5-6,8-9H2,1H3/t11-,12+/m1/s1. The number of hydrogen-bond acceptors (Lipinski definition) is 7. The molecule has 4 heterocycles. The zero-order chi connectivity index (χ0) is 16.9. The molecule has 0 radical (unpaired) electrons. The number of fused-ring (bicyclic) bond motifs is 2. The van der Waals surface area contributed by atoms with E-state index in [1.807, 2.05) is 6.92 Å². The van der Waals surface area contributed by atoms with Crippen LogP contribution in [0.4, 0.5) is 0 Å². The van der Waals surface area contributed by atoms with E-state index < -0.39 is 9.84 Å². The van der Waals surface area contributed by atoms with Crippen molar-refractivity contribution in [1.82, 2.24) is 29.8 Å². The van der Waals surface area contributed by atoms with E-state index in [1.54, 1.807) is 23.2 Å². The Bertz CT molecular complexity index is 895. The van der Waals surface area contributed by atoms with E-state index in [9.17, 15) is 13.2 Å². The lowest BCUT2D eigenvalue weighted by Crippen LogP contribution is -2.60. The molecule has 2 aliphatic heterocycles. The van der Waals surface area contributed by atoms with Crippen molar-refractivity contribution >= 4 is 21.4 Å². The van der Waals surface area contributed by atoms with Gasteiger partial charge in [-0.05, 0) is 29.1 Å². The quantitative estimate of drug-likeness (QED) is 0.689. The molecule has 2 aliphatic rings. The molecule has 128 valence electrons. The normalized spacial score (nSPS) is 26.6. The average molecular weight is 350 g/mol. The average Bonchev–Trinajstić information content (AvgIpc) is 3.14. The number of sulfone groups is 1. The molecule has 0 unspecified atom stereocenters. The van der Waals surface area contributed by atoms with Crippen molar-refractivity contribution in [2.45, 2.75) is 19.0 Å². The minimum atomic E-state index is -3.12. The third-order valence-corrected chi connectivity index (χ3v) is 6.60. The number of nitrogens with zero attached hydrogens (tertiary/aromatic N) is 6. The minimum absolute atomic E-state index is 0.0348. The molecule has 2 aromatic heterocycles. The highest BCUT2D eigenvalue weighted by Crippen LogP contribution is 2.28. The first-order chi connectivity index (χ1) is 11.5. The van der Waals surface area contributed by atoms with Crippen LogP contribution in [-0.2, 0) is 9.84 Å². The molecule has 0 spiro atoms. The van der Waals surface area contributed by atoms with Crippen LogP contribution < -0.4 is 0 Å². The van der Waals surface area contributed by atoms with Crippen LogP contribution in [-0.4, -0.2) is 87.4 Å². The highest BCUT2D eigenvalue weighted by molar-refractivity contribution is 7.91. The van der Waals surface area contributed by atoms with Crippen LogP contribution in [0.5, 0.6) is 0 Å². The molecule has 2 atom stereocenters. The van der Waals surface area contributed by atoms with Crippen LogP contribution in [0.15, 0.2) is 18.3 Å². The first-order valence-corrected chi connectivity index (χ1v) is 9.74. The Labute approximate surface area is 139 Å². The highest BCUT2D eigenvalue weighted by Gasteiger charge is 2.47. The molecule has 0 aliphatic carbocycles. The molecule has 4 rings (SSSR count). The fraction of sp³-hybridized carbons (Fsp3) is 0.571. The van der Waals surface area contributed by atoms with E-state index in [4.69, 9.17) is 0 Å². The van der Waals surface area contributed by atoms with E-state index in [-0.39, 0.29) is 29.5 Å². The summed E-state index contributed by atoms with van der Waals surface area (Å²) in [6.07, 6.45) is 1.59. The van der Waals surface area contributed by atoms with E-state index in [2.05, 4.69) is 20.4 Å². The van der Waals surface area contributed by atoms with Gasteiger partial charge in [0.05, 0.1) is 23.1 Å². The van der Waals surface area contributed by atoms with Crippen LogP contribution in [0.3, 0.4) is 0 Å². The van der Waals surface area contributed by atoms with E-state index >= 15 is 0 Å². The Kier molecular flexibility index (Phi) is 3.53. The van der Waals surface area contributed by atoms with Crippen molar-refractivity contribution in [1.29, 1.82) is 0 Å². The molecule has 0 bridgehead atoms. The van der Waals surface area contributed by atoms with Crippen molar-refractivity contribution in [3.8, 4) is 0 Å². The van der Waals surface area contributed by atoms with E-state index in [0.717, 1.165) is 6.54 Å². The Morgan fingerprint density at radius 2 is 2.04 bits per heavy atom. The van der Waals surface area contributed by atoms with Gasteiger partial charge in [-0.25, -0.2) is 8.42 Å².